The van der Waals surface area contributed by atoms with Crippen molar-refractivity contribution in [1.82, 2.24) is 14.9 Å². The summed E-state index contributed by atoms with van der Waals surface area (Å²) in [6.45, 7) is 6.56. The maximum atomic E-state index is 4.69. The summed E-state index contributed by atoms with van der Waals surface area (Å²) in [6.07, 6.45) is 4.50. The Kier molecular flexibility index (Phi) is 3.71. The van der Waals surface area contributed by atoms with Gasteiger partial charge in [0, 0.05) is 43.2 Å². The van der Waals surface area contributed by atoms with Gasteiger partial charge in [0.2, 0.25) is 0 Å². The van der Waals surface area contributed by atoms with E-state index in [2.05, 4.69) is 51.4 Å². The number of fused-ring (bicyclic) bond motifs is 1. The van der Waals surface area contributed by atoms with Crippen LogP contribution in [-0.4, -0.2) is 47.1 Å². The Morgan fingerprint density at radius 3 is 2.48 bits per heavy atom. The molecular weight excluding hydrogens is 328 g/mol. The first-order valence-electron chi connectivity index (χ1n) is 9.08. The molecule has 0 N–H and O–H groups in total. The van der Waals surface area contributed by atoms with E-state index in [4.69, 9.17) is 4.98 Å². The highest BCUT2D eigenvalue weighted by Gasteiger charge is 2.32. The fraction of sp³-hybridized carbons (Fsp3) is 0.400. The van der Waals surface area contributed by atoms with Gasteiger partial charge in [-0.1, -0.05) is 29.8 Å². The lowest BCUT2D eigenvalue weighted by molar-refractivity contribution is 0.248. The molecule has 1 saturated heterocycles. The number of thiophene rings is 1. The van der Waals surface area contributed by atoms with Crippen LogP contribution in [0.3, 0.4) is 0 Å². The van der Waals surface area contributed by atoms with E-state index in [1.165, 1.54) is 34.9 Å². The van der Waals surface area contributed by atoms with Crippen LogP contribution in [0.4, 0.5) is 5.82 Å². The molecular formula is C20H22N4S. The van der Waals surface area contributed by atoms with Gasteiger partial charge in [0.1, 0.15) is 17.0 Å². The minimum absolute atomic E-state index is 0.858. The molecule has 2 aromatic heterocycles. The van der Waals surface area contributed by atoms with Crippen LogP contribution in [0.5, 0.6) is 0 Å². The van der Waals surface area contributed by atoms with Crippen molar-refractivity contribution >= 4 is 27.4 Å². The van der Waals surface area contributed by atoms with E-state index >= 15 is 0 Å². The second-order valence-electron chi connectivity index (χ2n) is 7.15. The zero-order valence-corrected chi connectivity index (χ0v) is 15.3. The zero-order chi connectivity index (χ0) is 16.8. The van der Waals surface area contributed by atoms with E-state index < -0.39 is 0 Å². The van der Waals surface area contributed by atoms with E-state index in [1.807, 2.05) is 0 Å². The van der Waals surface area contributed by atoms with Gasteiger partial charge in [-0.3, -0.25) is 4.90 Å². The Labute approximate surface area is 152 Å². The monoisotopic (exact) mass is 350 g/mol. The van der Waals surface area contributed by atoms with Crippen molar-refractivity contribution in [2.24, 2.45) is 0 Å². The molecule has 3 heterocycles. The molecule has 0 spiro atoms. The molecule has 1 aliphatic carbocycles. The largest absolute Gasteiger partial charge is 0.353 e. The molecule has 5 rings (SSSR count). The Bertz CT molecular complexity index is 890. The van der Waals surface area contributed by atoms with Crippen molar-refractivity contribution in [3.05, 3.63) is 41.5 Å². The summed E-state index contributed by atoms with van der Waals surface area (Å²) in [5.74, 6) is 1.11. The first-order valence-corrected chi connectivity index (χ1v) is 9.96. The Morgan fingerprint density at radius 2 is 1.76 bits per heavy atom. The molecule has 2 fully saturated rings. The molecule has 1 saturated carbocycles. The van der Waals surface area contributed by atoms with Crippen molar-refractivity contribution in [2.75, 3.05) is 31.1 Å². The minimum Gasteiger partial charge on any atom is -0.353 e. The molecule has 3 aromatic rings. The van der Waals surface area contributed by atoms with Crippen LogP contribution in [0.15, 0.2) is 36.0 Å². The van der Waals surface area contributed by atoms with Crippen LogP contribution in [0.25, 0.3) is 21.3 Å². The second kappa shape index (κ2) is 6.07. The highest BCUT2D eigenvalue weighted by molar-refractivity contribution is 7.17. The average molecular weight is 350 g/mol. The molecule has 0 amide bonds. The van der Waals surface area contributed by atoms with Crippen LogP contribution < -0.4 is 4.90 Å². The number of piperazine rings is 1. The molecule has 0 bridgehead atoms. The molecule has 1 aromatic carbocycles. The highest BCUT2D eigenvalue weighted by atomic mass is 32.1. The van der Waals surface area contributed by atoms with Gasteiger partial charge in [-0.2, -0.15) is 0 Å². The van der Waals surface area contributed by atoms with Gasteiger partial charge < -0.3 is 4.90 Å². The van der Waals surface area contributed by atoms with Crippen molar-refractivity contribution in [3.8, 4) is 11.1 Å². The summed E-state index contributed by atoms with van der Waals surface area (Å²) in [5.41, 5.74) is 3.81. The number of hydrogen-bond acceptors (Lipinski definition) is 5. The standard InChI is InChI=1S/C20H22N4S/c1-14-2-4-15(5-3-14)17-12-25-20-18(17)19(21-13-22-20)24-10-8-23(9-11-24)16-6-7-16/h2-5,12-13,16H,6-11H2,1H3. The third-order valence-electron chi connectivity index (χ3n) is 5.39. The van der Waals surface area contributed by atoms with Gasteiger partial charge >= 0.3 is 0 Å². The van der Waals surface area contributed by atoms with Crippen LogP contribution in [-0.2, 0) is 0 Å². The summed E-state index contributed by atoms with van der Waals surface area (Å²) in [7, 11) is 0. The maximum Gasteiger partial charge on any atom is 0.141 e. The van der Waals surface area contributed by atoms with E-state index in [0.717, 1.165) is 42.9 Å². The van der Waals surface area contributed by atoms with Gasteiger partial charge in [0.15, 0.2) is 0 Å². The summed E-state index contributed by atoms with van der Waals surface area (Å²) in [6, 6.07) is 9.63. The van der Waals surface area contributed by atoms with Crippen molar-refractivity contribution in [3.63, 3.8) is 0 Å². The molecule has 128 valence electrons. The van der Waals surface area contributed by atoms with Crippen LogP contribution in [0.2, 0.25) is 0 Å². The molecule has 0 radical (unpaired) electrons. The zero-order valence-electron chi connectivity index (χ0n) is 14.5. The van der Waals surface area contributed by atoms with E-state index in [0.29, 0.717) is 0 Å². The molecule has 1 aliphatic heterocycles. The summed E-state index contributed by atoms with van der Waals surface area (Å²) in [4.78, 5) is 15.4. The Balaban J connectivity index is 1.52. The smallest absolute Gasteiger partial charge is 0.141 e. The van der Waals surface area contributed by atoms with Crippen molar-refractivity contribution in [2.45, 2.75) is 25.8 Å². The number of benzene rings is 1. The Morgan fingerprint density at radius 1 is 1.00 bits per heavy atom. The Hall–Kier alpha value is -1.98. The first kappa shape index (κ1) is 15.3. The highest BCUT2D eigenvalue weighted by Crippen LogP contribution is 2.38. The quantitative estimate of drug-likeness (QED) is 0.716. The molecule has 2 aliphatic rings. The second-order valence-corrected chi connectivity index (χ2v) is 8.01. The van der Waals surface area contributed by atoms with Gasteiger partial charge in [-0.25, -0.2) is 9.97 Å². The maximum absolute atomic E-state index is 4.69. The third-order valence-corrected chi connectivity index (χ3v) is 6.28. The van der Waals surface area contributed by atoms with Crippen LogP contribution in [0, 0.1) is 6.92 Å². The lowest BCUT2D eigenvalue weighted by Crippen LogP contribution is -2.47. The van der Waals surface area contributed by atoms with Gasteiger partial charge in [0.25, 0.3) is 0 Å². The average Bonchev–Trinajstić information content (AvgIpc) is 3.41. The first-order chi connectivity index (χ1) is 12.3. The van der Waals surface area contributed by atoms with E-state index in [9.17, 15) is 0 Å². The van der Waals surface area contributed by atoms with Gasteiger partial charge in [-0.05, 0) is 25.3 Å². The normalized spacial score (nSPS) is 18.8. The third kappa shape index (κ3) is 2.81. The van der Waals surface area contributed by atoms with Gasteiger partial charge in [-0.15, -0.1) is 11.3 Å². The molecule has 0 unspecified atom stereocenters. The fourth-order valence-corrected chi connectivity index (χ4v) is 4.69. The summed E-state index contributed by atoms with van der Waals surface area (Å²) in [5, 5.41) is 3.45. The lowest BCUT2D eigenvalue weighted by atomic mass is 10.0. The molecule has 25 heavy (non-hydrogen) atoms. The summed E-state index contributed by atoms with van der Waals surface area (Å²) >= 11 is 1.72. The minimum atomic E-state index is 0.858. The topological polar surface area (TPSA) is 32.3 Å². The van der Waals surface area contributed by atoms with E-state index in [1.54, 1.807) is 17.7 Å². The van der Waals surface area contributed by atoms with Crippen LogP contribution in [0.1, 0.15) is 18.4 Å². The SMILES string of the molecule is Cc1ccc(-c2csc3ncnc(N4CCN(C5CC5)CC4)c23)cc1. The molecule has 0 atom stereocenters. The van der Waals surface area contributed by atoms with E-state index in [-0.39, 0.29) is 0 Å². The van der Waals surface area contributed by atoms with Crippen molar-refractivity contribution in [1.29, 1.82) is 0 Å². The number of aromatic nitrogens is 2. The lowest BCUT2D eigenvalue weighted by Gasteiger charge is -2.35. The molecule has 5 heteroatoms. The fourth-order valence-electron chi connectivity index (χ4n) is 3.78. The predicted molar refractivity (Wildman–Crippen MR) is 104 cm³/mol. The number of hydrogen-bond donors (Lipinski definition) is 0. The molecule has 4 nitrogen and oxygen atoms in total. The number of nitrogens with zero attached hydrogens (tertiary/aromatic N) is 4. The van der Waals surface area contributed by atoms with Crippen molar-refractivity contribution < 1.29 is 0 Å². The van der Waals surface area contributed by atoms with Gasteiger partial charge in [0.05, 0.1) is 5.39 Å². The van der Waals surface area contributed by atoms with Crippen LogP contribution >= 0.6 is 11.3 Å². The number of anilines is 1. The number of aryl methyl sites for hydroxylation is 1. The predicted octanol–water partition coefficient (Wildman–Crippen LogP) is 3.95. The summed E-state index contributed by atoms with van der Waals surface area (Å²) < 4.78 is 0. The number of rotatable bonds is 3.